The molecule has 2 aliphatic rings. The van der Waals surface area contributed by atoms with E-state index in [1.54, 1.807) is 25.7 Å². The number of hydrogen-bond donors (Lipinski definition) is 0. The number of carbonyl (C=O) groups excluding carboxylic acids is 4. The summed E-state index contributed by atoms with van der Waals surface area (Å²) in [4.78, 5) is 50.8. The van der Waals surface area contributed by atoms with Gasteiger partial charge in [0.1, 0.15) is 22.8 Å². The number of hydrogen-bond acceptors (Lipinski definition) is 8. The lowest BCUT2D eigenvalue weighted by atomic mass is 9.90. The Morgan fingerprint density at radius 3 is 1.94 bits per heavy atom. The van der Waals surface area contributed by atoms with E-state index in [0.717, 1.165) is 25.7 Å². The van der Waals surface area contributed by atoms with Crippen molar-refractivity contribution < 1.29 is 38.1 Å². The summed E-state index contributed by atoms with van der Waals surface area (Å²) in [5.74, 6) is -0.697. The molecule has 0 radical (unpaired) electrons. The van der Waals surface area contributed by atoms with Gasteiger partial charge in [-0.3, -0.25) is 9.80 Å². The fourth-order valence-electron chi connectivity index (χ4n) is 4.38. The zero-order chi connectivity index (χ0) is 27.7. The van der Waals surface area contributed by atoms with Crippen molar-refractivity contribution in [3.63, 3.8) is 0 Å². The Morgan fingerprint density at radius 2 is 1.44 bits per heavy atom. The average Bonchev–Trinajstić information content (AvgIpc) is 3.43. The first kappa shape index (κ1) is 31.5. The number of ether oxygens (including phenoxy) is 4. The van der Waals surface area contributed by atoms with Crippen molar-refractivity contribution in [1.29, 1.82) is 0 Å². The van der Waals surface area contributed by atoms with Crippen LogP contribution in [-0.4, -0.2) is 84.0 Å². The largest absolute Gasteiger partial charge is 0.467 e. The van der Waals surface area contributed by atoms with Crippen LogP contribution in [0.25, 0.3) is 0 Å². The summed E-state index contributed by atoms with van der Waals surface area (Å²) in [6, 6.07) is -0.486. The van der Waals surface area contributed by atoms with Gasteiger partial charge < -0.3 is 18.9 Å². The topological polar surface area (TPSA) is 112 Å². The van der Waals surface area contributed by atoms with Gasteiger partial charge in [0, 0.05) is 13.1 Å². The number of amides is 2. The monoisotopic (exact) mass is 514 g/mol. The number of nitrogens with zero attached hydrogens (tertiary/aromatic N) is 2. The third kappa shape index (κ3) is 8.85. The minimum absolute atomic E-state index is 0.325. The predicted octanol–water partition coefficient (Wildman–Crippen LogP) is 4.68. The zero-order valence-corrected chi connectivity index (χ0v) is 23.6. The molecule has 36 heavy (non-hydrogen) atoms. The Hall–Kier alpha value is -2.52. The van der Waals surface area contributed by atoms with Gasteiger partial charge in [-0.2, -0.15) is 0 Å². The lowest BCUT2D eigenvalue weighted by Gasteiger charge is -2.36. The van der Waals surface area contributed by atoms with Crippen LogP contribution in [0.5, 0.6) is 0 Å². The molecule has 10 nitrogen and oxygen atoms in total. The highest BCUT2D eigenvalue weighted by Gasteiger charge is 2.51. The second kappa shape index (κ2) is 13.1. The summed E-state index contributed by atoms with van der Waals surface area (Å²) in [5, 5.41) is 0. The molecule has 2 amide bonds. The van der Waals surface area contributed by atoms with Gasteiger partial charge in [-0.05, 0) is 73.6 Å². The second-order valence-corrected chi connectivity index (χ2v) is 11.2. The summed E-state index contributed by atoms with van der Waals surface area (Å²) < 4.78 is 20.3. The molecule has 0 aromatic carbocycles. The molecule has 2 atom stereocenters. The third-order valence-electron chi connectivity index (χ3n) is 5.97. The Morgan fingerprint density at radius 1 is 0.861 bits per heavy atom. The highest BCUT2D eigenvalue weighted by molar-refractivity contribution is 5.86. The normalized spacial score (nSPS) is 21.9. The number of carbonyl (C=O) groups is 4. The maximum atomic E-state index is 12.4. The second-order valence-electron chi connectivity index (χ2n) is 11.2. The van der Waals surface area contributed by atoms with Crippen molar-refractivity contribution in [3.8, 4) is 0 Å². The van der Waals surface area contributed by atoms with Gasteiger partial charge in [0.05, 0.1) is 14.2 Å². The van der Waals surface area contributed by atoms with Gasteiger partial charge in [-0.1, -0.05) is 19.8 Å². The summed E-state index contributed by atoms with van der Waals surface area (Å²) in [7, 11) is 2.70. The minimum Gasteiger partial charge on any atom is -0.467 e. The minimum atomic E-state index is -0.840. The van der Waals surface area contributed by atoms with E-state index in [1.165, 1.54) is 19.1 Å². The standard InChI is InChI=1S/C15H27NO4.C11H19NO4/c1-6-7-9-15(12(17)19-5)10-8-11-16(15)13(18)20-14(2,3)4;1-11(2,3)16-10(14)12-7-5-6-8(12)9(13)15-4/h6-11H2,1-5H3;8H,5-7H2,1-4H3. The number of rotatable bonds is 5. The molecular weight excluding hydrogens is 468 g/mol. The van der Waals surface area contributed by atoms with Gasteiger partial charge in [0.2, 0.25) is 0 Å². The Labute approximate surface area is 215 Å². The van der Waals surface area contributed by atoms with Crippen molar-refractivity contribution in [2.24, 2.45) is 0 Å². The van der Waals surface area contributed by atoms with Crippen molar-refractivity contribution in [3.05, 3.63) is 0 Å². The summed E-state index contributed by atoms with van der Waals surface area (Å²) in [6.45, 7) is 14.0. The number of methoxy groups -OCH3 is 2. The molecule has 0 aliphatic carbocycles. The van der Waals surface area contributed by atoms with Gasteiger partial charge in [-0.15, -0.1) is 0 Å². The van der Waals surface area contributed by atoms with E-state index in [-0.39, 0.29) is 11.9 Å². The SMILES string of the molecule is CCCCC1(C(=O)OC)CCCN1C(=O)OC(C)(C)C.COC(=O)C1CCCN1C(=O)OC(C)(C)C. The lowest BCUT2D eigenvalue weighted by molar-refractivity contribution is -0.153. The fraction of sp³-hybridized carbons (Fsp3) is 0.846. The maximum Gasteiger partial charge on any atom is 0.411 e. The van der Waals surface area contributed by atoms with Crippen LogP contribution in [0.4, 0.5) is 9.59 Å². The third-order valence-corrected chi connectivity index (χ3v) is 5.97. The zero-order valence-electron chi connectivity index (χ0n) is 23.6. The molecule has 2 heterocycles. The molecule has 10 heteroatoms. The van der Waals surface area contributed by atoms with Crippen LogP contribution >= 0.6 is 0 Å². The van der Waals surface area contributed by atoms with Crippen molar-refractivity contribution in [2.75, 3.05) is 27.3 Å². The molecule has 0 spiro atoms. The highest BCUT2D eigenvalue weighted by Crippen LogP contribution is 2.36. The van der Waals surface area contributed by atoms with Crippen LogP contribution in [0.1, 0.15) is 93.4 Å². The van der Waals surface area contributed by atoms with Crippen molar-refractivity contribution in [2.45, 2.75) is 116 Å². The van der Waals surface area contributed by atoms with Gasteiger partial charge in [-0.25, -0.2) is 19.2 Å². The van der Waals surface area contributed by atoms with E-state index in [9.17, 15) is 19.2 Å². The van der Waals surface area contributed by atoms with E-state index in [1.807, 2.05) is 20.8 Å². The van der Waals surface area contributed by atoms with Crippen LogP contribution in [-0.2, 0) is 28.5 Å². The Balaban J connectivity index is 0.000000369. The molecule has 2 fully saturated rings. The fourth-order valence-corrected chi connectivity index (χ4v) is 4.38. The molecular formula is C26H46N2O8. The summed E-state index contributed by atoms with van der Waals surface area (Å²) in [5.41, 5.74) is -1.94. The first-order chi connectivity index (χ1) is 16.6. The molecule has 0 N–H and O–H groups in total. The van der Waals surface area contributed by atoms with E-state index in [4.69, 9.17) is 14.2 Å². The molecule has 2 aliphatic heterocycles. The number of unbranched alkanes of at least 4 members (excludes halogenated alkanes) is 1. The van der Waals surface area contributed by atoms with E-state index < -0.39 is 35.0 Å². The lowest BCUT2D eigenvalue weighted by Crippen LogP contribution is -2.54. The summed E-state index contributed by atoms with van der Waals surface area (Å²) in [6.07, 6.45) is 4.53. The molecule has 0 bridgehead atoms. The number of likely N-dealkylation sites (tertiary alicyclic amines) is 2. The van der Waals surface area contributed by atoms with Crippen LogP contribution in [0.2, 0.25) is 0 Å². The van der Waals surface area contributed by atoms with E-state index in [0.29, 0.717) is 32.4 Å². The molecule has 0 aromatic heterocycles. The van der Waals surface area contributed by atoms with Crippen LogP contribution in [0.15, 0.2) is 0 Å². The molecule has 208 valence electrons. The molecule has 0 aromatic rings. The first-order valence-electron chi connectivity index (χ1n) is 12.8. The molecule has 2 unspecified atom stereocenters. The van der Waals surface area contributed by atoms with Gasteiger partial charge in [0.15, 0.2) is 0 Å². The predicted molar refractivity (Wildman–Crippen MR) is 134 cm³/mol. The first-order valence-corrected chi connectivity index (χ1v) is 12.8. The highest BCUT2D eigenvalue weighted by atomic mass is 16.6. The quantitative estimate of drug-likeness (QED) is 0.384. The van der Waals surface area contributed by atoms with Crippen LogP contribution < -0.4 is 0 Å². The van der Waals surface area contributed by atoms with Crippen LogP contribution in [0.3, 0.4) is 0 Å². The molecule has 2 saturated heterocycles. The van der Waals surface area contributed by atoms with Gasteiger partial charge in [0.25, 0.3) is 0 Å². The van der Waals surface area contributed by atoms with Gasteiger partial charge >= 0.3 is 24.1 Å². The Kier molecular flexibility index (Phi) is 11.5. The Bertz CT molecular complexity index is 771. The smallest absolute Gasteiger partial charge is 0.411 e. The molecule has 0 saturated carbocycles. The van der Waals surface area contributed by atoms with Crippen molar-refractivity contribution >= 4 is 24.1 Å². The van der Waals surface area contributed by atoms with Crippen molar-refractivity contribution in [1.82, 2.24) is 9.80 Å². The average molecular weight is 515 g/mol. The van der Waals surface area contributed by atoms with Crippen LogP contribution in [0, 0.1) is 0 Å². The summed E-state index contributed by atoms with van der Waals surface area (Å²) >= 11 is 0. The van der Waals surface area contributed by atoms with E-state index in [2.05, 4.69) is 11.7 Å². The maximum absolute atomic E-state index is 12.4. The molecule has 2 rings (SSSR count). The number of esters is 2. The van der Waals surface area contributed by atoms with E-state index >= 15 is 0 Å².